The van der Waals surface area contributed by atoms with Crippen LogP contribution >= 0.6 is 0 Å². The van der Waals surface area contributed by atoms with Crippen molar-refractivity contribution in [2.75, 3.05) is 0 Å². The van der Waals surface area contributed by atoms with Crippen molar-refractivity contribution in [2.24, 2.45) is 11.3 Å². The second kappa shape index (κ2) is 5.74. The zero-order chi connectivity index (χ0) is 16.6. The van der Waals surface area contributed by atoms with Gasteiger partial charge in [-0.25, -0.2) is 4.79 Å². The third kappa shape index (κ3) is 3.73. The summed E-state index contributed by atoms with van der Waals surface area (Å²) in [5.41, 5.74) is -0.480. The van der Waals surface area contributed by atoms with E-state index in [1.807, 2.05) is 20.8 Å². The standard InChI is InChI=1S/C17H29NO4/c1-12(11-13(19)20)16-5-8-17(9-6-16,10-7-16)18-14(21)22-15(2,3)4/h12H,5-11H2,1-4H3,(H,18,21)(H,19,20). The molecule has 1 unspecified atom stereocenters. The van der Waals surface area contributed by atoms with Crippen LogP contribution < -0.4 is 5.32 Å². The number of nitrogens with one attached hydrogen (secondary N) is 1. The smallest absolute Gasteiger partial charge is 0.408 e. The Kier molecular flexibility index (Phi) is 4.46. The van der Waals surface area contributed by atoms with E-state index in [0.29, 0.717) is 0 Å². The van der Waals surface area contributed by atoms with Gasteiger partial charge in [-0.2, -0.15) is 0 Å². The van der Waals surface area contributed by atoms with Crippen LogP contribution in [0.3, 0.4) is 0 Å². The average Bonchev–Trinajstić information content (AvgIpc) is 2.37. The Bertz CT molecular complexity index is 428. The minimum atomic E-state index is -0.712. The Morgan fingerprint density at radius 3 is 2.05 bits per heavy atom. The largest absolute Gasteiger partial charge is 0.481 e. The predicted molar refractivity (Wildman–Crippen MR) is 83.7 cm³/mol. The van der Waals surface area contributed by atoms with Gasteiger partial charge in [0.2, 0.25) is 0 Å². The SMILES string of the molecule is CC(CC(=O)O)C12CCC(NC(=O)OC(C)(C)C)(CC1)CC2. The van der Waals surface area contributed by atoms with Crippen LogP contribution in [0.1, 0.15) is 72.6 Å². The summed E-state index contributed by atoms with van der Waals surface area (Å²) < 4.78 is 5.38. The fourth-order valence-electron chi connectivity index (χ4n) is 4.14. The summed E-state index contributed by atoms with van der Waals surface area (Å²) in [4.78, 5) is 23.0. The van der Waals surface area contributed by atoms with Gasteiger partial charge in [0.15, 0.2) is 0 Å². The van der Waals surface area contributed by atoms with Crippen LogP contribution in [0.15, 0.2) is 0 Å². The van der Waals surface area contributed by atoms with Gasteiger partial charge in [0, 0.05) is 12.0 Å². The highest BCUT2D eigenvalue weighted by molar-refractivity contribution is 5.69. The molecule has 0 aromatic carbocycles. The molecule has 0 spiro atoms. The summed E-state index contributed by atoms with van der Waals surface area (Å²) >= 11 is 0. The topological polar surface area (TPSA) is 75.6 Å². The van der Waals surface area contributed by atoms with Gasteiger partial charge < -0.3 is 15.2 Å². The molecule has 1 amide bonds. The first kappa shape index (κ1) is 17.1. The second-order valence-corrected chi connectivity index (χ2v) is 8.27. The number of alkyl carbamates (subject to hydrolysis) is 1. The van der Waals surface area contributed by atoms with Crippen LogP contribution in [0.25, 0.3) is 0 Å². The maximum atomic E-state index is 12.1. The van der Waals surface area contributed by atoms with E-state index in [1.54, 1.807) is 0 Å². The van der Waals surface area contributed by atoms with Crippen LogP contribution in [0.4, 0.5) is 4.79 Å². The molecule has 2 bridgehead atoms. The number of fused-ring (bicyclic) bond motifs is 3. The summed E-state index contributed by atoms with van der Waals surface area (Å²) in [6.07, 6.45) is 5.68. The lowest BCUT2D eigenvalue weighted by atomic mass is 9.53. The zero-order valence-corrected chi connectivity index (χ0v) is 14.2. The first-order valence-electron chi connectivity index (χ1n) is 8.29. The molecule has 3 aliphatic rings. The number of carbonyl (C=O) groups is 2. The third-order valence-corrected chi connectivity index (χ3v) is 5.60. The van der Waals surface area contributed by atoms with Crippen molar-refractivity contribution in [2.45, 2.75) is 83.8 Å². The Morgan fingerprint density at radius 2 is 1.64 bits per heavy atom. The van der Waals surface area contributed by atoms with Crippen molar-refractivity contribution in [3.05, 3.63) is 0 Å². The molecule has 3 fully saturated rings. The van der Waals surface area contributed by atoms with Gasteiger partial charge >= 0.3 is 12.1 Å². The van der Waals surface area contributed by atoms with Crippen molar-refractivity contribution >= 4 is 12.1 Å². The Labute approximate surface area is 132 Å². The molecule has 1 atom stereocenters. The van der Waals surface area contributed by atoms with Crippen molar-refractivity contribution in [3.63, 3.8) is 0 Å². The number of amides is 1. The van der Waals surface area contributed by atoms with E-state index in [9.17, 15) is 9.59 Å². The zero-order valence-electron chi connectivity index (χ0n) is 14.2. The normalized spacial score (nSPS) is 32.4. The van der Waals surface area contributed by atoms with E-state index >= 15 is 0 Å². The van der Waals surface area contributed by atoms with Crippen molar-refractivity contribution in [1.82, 2.24) is 5.32 Å². The molecule has 126 valence electrons. The summed E-state index contributed by atoms with van der Waals surface area (Å²) in [7, 11) is 0. The van der Waals surface area contributed by atoms with E-state index in [-0.39, 0.29) is 29.4 Å². The van der Waals surface area contributed by atoms with Gasteiger partial charge in [0.25, 0.3) is 0 Å². The lowest BCUT2D eigenvalue weighted by Crippen LogP contribution is -2.58. The number of carbonyl (C=O) groups excluding carboxylic acids is 1. The number of hydrogen-bond donors (Lipinski definition) is 2. The fourth-order valence-corrected chi connectivity index (χ4v) is 4.14. The molecule has 3 aliphatic carbocycles. The van der Waals surface area contributed by atoms with Gasteiger partial charge in [-0.1, -0.05) is 6.92 Å². The van der Waals surface area contributed by atoms with Gasteiger partial charge in [-0.3, -0.25) is 4.79 Å². The van der Waals surface area contributed by atoms with Crippen LogP contribution in [-0.4, -0.2) is 28.3 Å². The summed E-state index contributed by atoms with van der Waals surface area (Å²) in [5, 5.41) is 12.1. The summed E-state index contributed by atoms with van der Waals surface area (Å²) in [6, 6.07) is 0. The maximum Gasteiger partial charge on any atom is 0.408 e. The monoisotopic (exact) mass is 311 g/mol. The maximum absolute atomic E-state index is 12.1. The molecule has 2 N–H and O–H groups in total. The lowest BCUT2D eigenvalue weighted by molar-refractivity contribution is -0.140. The molecule has 0 heterocycles. The molecular weight excluding hydrogens is 282 g/mol. The number of ether oxygens (including phenoxy) is 1. The van der Waals surface area contributed by atoms with Crippen molar-refractivity contribution in [1.29, 1.82) is 0 Å². The molecule has 0 aromatic rings. The fraction of sp³-hybridized carbons (Fsp3) is 0.882. The minimum absolute atomic E-state index is 0.146. The van der Waals surface area contributed by atoms with E-state index in [1.165, 1.54) is 0 Å². The van der Waals surface area contributed by atoms with Crippen LogP contribution in [0.2, 0.25) is 0 Å². The molecule has 3 rings (SSSR count). The Hall–Kier alpha value is -1.26. The molecule has 5 heteroatoms. The third-order valence-electron chi connectivity index (χ3n) is 5.60. The molecule has 5 nitrogen and oxygen atoms in total. The van der Waals surface area contributed by atoms with Gasteiger partial charge in [0.05, 0.1) is 0 Å². The summed E-state index contributed by atoms with van der Waals surface area (Å²) in [6.45, 7) is 7.66. The van der Waals surface area contributed by atoms with Crippen molar-refractivity contribution < 1.29 is 19.4 Å². The molecule has 0 saturated heterocycles. The molecule has 0 aromatic heterocycles. The quantitative estimate of drug-likeness (QED) is 0.829. The predicted octanol–water partition coefficient (Wildman–Crippen LogP) is 3.71. The second-order valence-electron chi connectivity index (χ2n) is 8.27. The van der Waals surface area contributed by atoms with E-state index < -0.39 is 11.6 Å². The Balaban J connectivity index is 1.95. The van der Waals surface area contributed by atoms with E-state index in [2.05, 4.69) is 12.2 Å². The first-order chi connectivity index (χ1) is 10.1. The Morgan fingerprint density at radius 1 is 1.14 bits per heavy atom. The molecule has 0 aliphatic heterocycles. The highest BCUT2D eigenvalue weighted by Crippen LogP contribution is 2.56. The number of hydrogen-bond acceptors (Lipinski definition) is 3. The summed E-state index contributed by atoms with van der Waals surface area (Å²) in [5.74, 6) is -0.513. The van der Waals surface area contributed by atoms with Gasteiger partial charge in [-0.05, 0) is 70.6 Å². The molecular formula is C17H29NO4. The van der Waals surface area contributed by atoms with Crippen LogP contribution in [0, 0.1) is 11.3 Å². The van der Waals surface area contributed by atoms with Gasteiger partial charge in [-0.15, -0.1) is 0 Å². The minimum Gasteiger partial charge on any atom is -0.481 e. The average molecular weight is 311 g/mol. The van der Waals surface area contributed by atoms with Crippen molar-refractivity contribution in [3.8, 4) is 0 Å². The van der Waals surface area contributed by atoms with E-state index in [0.717, 1.165) is 38.5 Å². The highest BCUT2D eigenvalue weighted by atomic mass is 16.6. The molecule has 0 radical (unpaired) electrons. The number of rotatable bonds is 4. The number of carboxylic acids is 1. The van der Waals surface area contributed by atoms with Crippen LogP contribution in [-0.2, 0) is 9.53 Å². The molecule has 22 heavy (non-hydrogen) atoms. The highest BCUT2D eigenvalue weighted by Gasteiger charge is 2.51. The lowest BCUT2D eigenvalue weighted by Gasteiger charge is -2.55. The van der Waals surface area contributed by atoms with E-state index in [4.69, 9.17) is 9.84 Å². The first-order valence-corrected chi connectivity index (χ1v) is 8.29. The number of aliphatic carboxylic acids is 1. The van der Waals surface area contributed by atoms with Crippen LogP contribution in [0.5, 0.6) is 0 Å². The number of carboxylic acid groups (broad SMARTS) is 1. The molecule has 3 saturated carbocycles. The van der Waals surface area contributed by atoms with Gasteiger partial charge in [0.1, 0.15) is 5.60 Å².